The van der Waals surface area contributed by atoms with E-state index >= 15 is 0 Å². The average molecular weight is 518 g/mol. The molecule has 3 aromatic carbocycles. The molecule has 0 aliphatic heterocycles. The lowest BCUT2D eigenvalue weighted by Gasteiger charge is -2.13. The molecule has 0 saturated heterocycles. The largest absolute Gasteiger partial charge is 0.492 e. The molecule has 0 spiro atoms. The first-order chi connectivity index (χ1) is 18.0. The predicted molar refractivity (Wildman–Crippen MR) is 145 cm³/mol. The van der Waals surface area contributed by atoms with Crippen molar-refractivity contribution in [2.24, 2.45) is 5.92 Å². The third-order valence-corrected chi connectivity index (χ3v) is 6.82. The Balaban J connectivity index is 1.37. The molecule has 0 bridgehead atoms. The van der Waals surface area contributed by atoms with Crippen molar-refractivity contribution in [1.29, 1.82) is 0 Å². The second-order valence-corrected chi connectivity index (χ2v) is 9.28. The number of hydrogen-bond acceptors (Lipinski definition) is 7. The third-order valence-electron chi connectivity index (χ3n) is 5.88. The quantitative estimate of drug-likeness (QED) is 0.170. The molecule has 7 nitrogen and oxygen atoms in total. The first kappa shape index (κ1) is 25.9. The molecule has 4 aromatic rings. The number of thiazole rings is 1. The Labute approximate surface area is 218 Å². The molecule has 0 amide bonds. The van der Waals surface area contributed by atoms with E-state index in [1.165, 1.54) is 25.6 Å². The third kappa shape index (κ3) is 6.54. The zero-order valence-corrected chi connectivity index (χ0v) is 21.4. The van der Waals surface area contributed by atoms with Crippen molar-refractivity contribution in [2.45, 2.75) is 13.0 Å². The molecule has 0 radical (unpaired) electrons. The first-order valence-corrected chi connectivity index (χ1v) is 12.5. The molecular formula is C29H27NO6S. The van der Waals surface area contributed by atoms with Crippen LogP contribution in [-0.2, 0) is 32.0 Å². The van der Waals surface area contributed by atoms with Gasteiger partial charge in [-0.2, -0.15) is 0 Å². The van der Waals surface area contributed by atoms with E-state index in [1.807, 2.05) is 60.7 Å². The minimum Gasteiger partial charge on any atom is -0.492 e. The van der Waals surface area contributed by atoms with E-state index in [2.05, 4.69) is 0 Å². The van der Waals surface area contributed by atoms with Gasteiger partial charge in [0, 0.05) is 0 Å². The normalized spacial score (nSPS) is 11.2. The number of rotatable bonds is 10. The SMILES string of the molecule is COC(=O)C(Cc1ccc(OCCn2c(=O)sc3cc(C=Cc4ccccc4)ccc32)cc1)C(=O)OC. The zero-order valence-electron chi connectivity index (χ0n) is 20.6. The van der Waals surface area contributed by atoms with E-state index in [-0.39, 0.29) is 11.3 Å². The van der Waals surface area contributed by atoms with Crippen LogP contribution in [0.5, 0.6) is 5.75 Å². The average Bonchev–Trinajstić information content (AvgIpc) is 3.25. The second-order valence-electron chi connectivity index (χ2n) is 8.29. The van der Waals surface area contributed by atoms with Crippen LogP contribution >= 0.6 is 11.3 Å². The smallest absolute Gasteiger partial charge is 0.320 e. The highest BCUT2D eigenvalue weighted by molar-refractivity contribution is 7.16. The molecule has 0 saturated carbocycles. The van der Waals surface area contributed by atoms with E-state index < -0.39 is 17.9 Å². The minimum absolute atomic E-state index is 0.0326. The van der Waals surface area contributed by atoms with Crippen LogP contribution in [0.4, 0.5) is 0 Å². The fourth-order valence-electron chi connectivity index (χ4n) is 3.91. The fourth-order valence-corrected chi connectivity index (χ4v) is 4.88. The highest BCUT2D eigenvalue weighted by atomic mass is 32.1. The number of carbonyl (C=O) groups is 2. The summed E-state index contributed by atoms with van der Waals surface area (Å²) in [5, 5.41) is 0. The van der Waals surface area contributed by atoms with Gasteiger partial charge in [0.1, 0.15) is 12.4 Å². The van der Waals surface area contributed by atoms with Crippen molar-refractivity contribution in [1.82, 2.24) is 4.57 Å². The van der Waals surface area contributed by atoms with Gasteiger partial charge in [-0.3, -0.25) is 19.0 Å². The Kier molecular flexibility index (Phi) is 8.53. The summed E-state index contributed by atoms with van der Waals surface area (Å²) in [5.74, 6) is -1.67. The molecule has 4 rings (SSSR count). The number of aromatic nitrogens is 1. The summed E-state index contributed by atoms with van der Waals surface area (Å²) < 4.78 is 17.9. The van der Waals surface area contributed by atoms with Gasteiger partial charge in [-0.25, -0.2) is 0 Å². The van der Waals surface area contributed by atoms with Gasteiger partial charge in [0.2, 0.25) is 0 Å². The Morgan fingerprint density at radius 1 is 0.892 bits per heavy atom. The molecule has 8 heteroatoms. The number of hydrogen-bond donors (Lipinski definition) is 0. The van der Waals surface area contributed by atoms with Gasteiger partial charge in [0.25, 0.3) is 0 Å². The lowest BCUT2D eigenvalue weighted by Crippen LogP contribution is -2.28. The van der Waals surface area contributed by atoms with E-state index in [9.17, 15) is 14.4 Å². The van der Waals surface area contributed by atoms with Gasteiger partial charge in [-0.05, 0) is 47.4 Å². The number of nitrogens with zero attached hydrogens (tertiary/aromatic N) is 1. The highest BCUT2D eigenvalue weighted by Gasteiger charge is 2.28. The van der Waals surface area contributed by atoms with Crippen molar-refractivity contribution in [3.63, 3.8) is 0 Å². The standard InChI is InChI=1S/C29H27NO6S/c1-34-27(31)24(28(32)35-2)18-21-10-13-23(14-11-21)36-17-16-30-25-15-12-22(19-26(25)37-29(30)33)9-8-20-6-4-3-5-7-20/h3-15,19,24H,16-18H2,1-2H3. The number of fused-ring (bicyclic) bond motifs is 1. The maximum Gasteiger partial charge on any atom is 0.320 e. The Bertz CT molecular complexity index is 1440. The molecule has 0 atom stereocenters. The van der Waals surface area contributed by atoms with Gasteiger partial charge in [0.05, 0.1) is 31.0 Å². The second kappa shape index (κ2) is 12.2. The first-order valence-electron chi connectivity index (χ1n) is 11.7. The van der Waals surface area contributed by atoms with Crippen molar-refractivity contribution >= 4 is 45.6 Å². The number of carbonyl (C=O) groups excluding carboxylic acids is 2. The molecule has 0 N–H and O–H groups in total. The van der Waals surface area contributed by atoms with Gasteiger partial charge < -0.3 is 14.2 Å². The minimum atomic E-state index is -1.02. The van der Waals surface area contributed by atoms with Gasteiger partial charge in [-0.15, -0.1) is 0 Å². The van der Waals surface area contributed by atoms with Crippen molar-refractivity contribution in [3.05, 3.63) is 99.2 Å². The summed E-state index contributed by atoms with van der Waals surface area (Å²) >= 11 is 1.22. The summed E-state index contributed by atoms with van der Waals surface area (Å²) in [5.41, 5.74) is 3.79. The van der Waals surface area contributed by atoms with Crippen LogP contribution in [0.1, 0.15) is 16.7 Å². The fraction of sp³-hybridized carbons (Fsp3) is 0.207. The lowest BCUT2D eigenvalue weighted by atomic mass is 9.99. The van der Waals surface area contributed by atoms with E-state index in [1.54, 1.807) is 28.8 Å². The van der Waals surface area contributed by atoms with Crippen molar-refractivity contribution in [3.8, 4) is 5.75 Å². The van der Waals surface area contributed by atoms with Crippen molar-refractivity contribution in [2.75, 3.05) is 20.8 Å². The van der Waals surface area contributed by atoms with Gasteiger partial charge in [0.15, 0.2) is 5.92 Å². The van der Waals surface area contributed by atoms with Crippen LogP contribution < -0.4 is 9.61 Å². The van der Waals surface area contributed by atoms with Crippen LogP contribution in [0, 0.1) is 5.92 Å². The zero-order chi connectivity index (χ0) is 26.2. The molecule has 190 valence electrons. The van der Waals surface area contributed by atoms with Crippen LogP contribution in [0.15, 0.2) is 77.6 Å². The molecule has 0 aliphatic carbocycles. The number of benzene rings is 3. The van der Waals surface area contributed by atoms with Crippen LogP contribution in [-0.4, -0.2) is 37.3 Å². The molecular weight excluding hydrogens is 490 g/mol. The van der Waals surface area contributed by atoms with Crippen molar-refractivity contribution < 1.29 is 23.8 Å². The summed E-state index contributed by atoms with van der Waals surface area (Å²) in [6, 6.07) is 23.1. The maximum absolute atomic E-state index is 12.6. The van der Waals surface area contributed by atoms with Gasteiger partial charge >= 0.3 is 16.8 Å². The van der Waals surface area contributed by atoms with E-state index in [0.29, 0.717) is 18.9 Å². The van der Waals surface area contributed by atoms with Crippen LogP contribution in [0.25, 0.3) is 22.4 Å². The Morgan fingerprint density at radius 3 is 2.24 bits per heavy atom. The summed E-state index contributed by atoms with van der Waals surface area (Å²) in [6.45, 7) is 0.722. The predicted octanol–water partition coefficient (Wildman–Crippen LogP) is 4.82. The number of methoxy groups -OCH3 is 2. The highest BCUT2D eigenvalue weighted by Crippen LogP contribution is 2.21. The van der Waals surface area contributed by atoms with E-state index in [4.69, 9.17) is 14.2 Å². The summed E-state index contributed by atoms with van der Waals surface area (Å²) in [7, 11) is 2.47. The van der Waals surface area contributed by atoms with Crippen LogP contribution in [0.2, 0.25) is 0 Å². The number of ether oxygens (including phenoxy) is 3. The molecule has 0 fully saturated rings. The monoisotopic (exact) mass is 517 g/mol. The molecule has 37 heavy (non-hydrogen) atoms. The Morgan fingerprint density at radius 2 is 1.57 bits per heavy atom. The molecule has 0 aliphatic rings. The lowest BCUT2D eigenvalue weighted by molar-refractivity contribution is -0.158. The van der Waals surface area contributed by atoms with Gasteiger partial charge in [-0.1, -0.05) is 72.0 Å². The molecule has 1 heterocycles. The maximum atomic E-state index is 12.6. The molecule has 0 unspecified atom stereocenters. The van der Waals surface area contributed by atoms with Crippen LogP contribution in [0.3, 0.4) is 0 Å². The summed E-state index contributed by atoms with van der Waals surface area (Å²) in [6.07, 6.45) is 4.25. The topological polar surface area (TPSA) is 83.8 Å². The Hall–Kier alpha value is -4.17. The summed E-state index contributed by atoms with van der Waals surface area (Å²) in [4.78, 5) is 36.4. The van der Waals surface area contributed by atoms with E-state index in [0.717, 1.165) is 26.9 Å². The number of esters is 2. The molecule has 1 aromatic heterocycles.